The van der Waals surface area contributed by atoms with Gasteiger partial charge in [-0.3, -0.25) is 0 Å². The summed E-state index contributed by atoms with van der Waals surface area (Å²) in [5, 5.41) is 10.4. The Morgan fingerprint density at radius 1 is 1.18 bits per heavy atom. The molecule has 3 nitrogen and oxygen atoms in total. The van der Waals surface area contributed by atoms with Crippen LogP contribution in [0.4, 0.5) is 0 Å². The van der Waals surface area contributed by atoms with Gasteiger partial charge in [0.1, 0.15) is 0 Å². The number of carbonyl (C=O) groups is 1. The van der Waals surface area contributed by atoms with E-state index in [4.69, 9.17) is 4.74 Å². The standard InChI is InChI=1S/C18H16O3S/c1-2-21-18(20)13-6-3-5-12(9-13)15-7-4-8-17-16(15)10-14(11-19)22-17/h3-10,19H,2,11H2,1H3. The fraction of sp³-hybridized carbons (Fsp3) is 0.167. The summed E-state index contributed by atoms with van der Waals surface area (Å²) < 4.78 is 6.19. The summed E-state index contributed by atoms with van der Waals surface area (Å²) in [7, 11) is 0. The summed E-state index contributed by atoms with van der Waals surface area (Å²) in [6.07, 6.45) is 0. The molecule has 0 saturated heterocycles. The Morgan fingerprint density at radius 3 is 2.77 bits per heavy atom. The third-order valence-electron chi connectivity index (χ3n) is 3.45. The number of thiophene rings is 1. The van der Waals surface area contributed by atoms with Crippen molar-refractivity contribution < 1.29 is 14.6 Å². The predicted molar refractivity (Wildman–Crippen MR) is 89.1 cm³/mol. The number of ether oxygens (including phenoxy) is 1. The SMILES string of the molecule is CCOC(=O)c1cccc(-c2cccc3sc(CO)cc23)c1. The molecule has 0 saturated carbocycles. The van der Waals surface area contributed by atoms with Gasteiger partial charge in [-0.1, -0.05) is 24.3 Å². The third kappa shape index (κ3) is 2.75. The first-order valence-electron chi connectivity index (χ1n) is 7.12. The Morgan fingerprint density at radius 2 is 2.00 bits per heavy atom. The van der Waals surface area contributed by atoms with Gasteiger partial charge in [-0.05, 0) is 42.3 Å². The number of aliphatic hydroxyl groups excluding tert-OH is 1. The maximum absolute atomic E-state index is 11.9. The van der Waals surface area contributed by atoms with Crippen LogP contribution in [0.25, 0.3) is 21.2 Å². The van der Waals surface area contributed by atoms with Crippen molar-refractivity contribution in [2.75, 3.05) is 6.61 Å². The lowest BCUT2D eigenvalue weighted by atomic mass is 10.00. The summed E-state index contributed by atoms with van der Waals surface area (Å²) in [5.41, 5.74) is 2.58. The highest BCUT2D eigenvalue weighted by Gasteiger charge is 2.11. The number of esters is 1. The molecule has 0 bridgehead atoms. The van der Waals surface area contributed by atoms with Crippen molar-refractivity contribution in [1.29, 1.82) is 0 Å². The molecular formula is C18H16O3S. The molecule has 3 rings (SSSR count). The largest absolute Gasteiger partial charge is 0.462 e. The van der Waals surface area contributed by atoms with Crippen LogP contribution in [-0.2, 0) is 11.3 Å². The molecule has 0 radical (unpaired) electrons. The second kappa shape index (κ2) is 6.30. The average molecular weight is 312 g/mol. The van der Waals surface area contributed by atoms with Crippen LogP contribution in [0.2, 0.25) is 0 Å². The van der Waals surface area contributed by atoms with Crippen LogP contribution in [-0.4, -0.2) is 17.7 Å². The fourth-order valence-electron chi connectivity index (χ4n) is 2.47. The van der Waals surface area contributed by atoms with E-state index in [1.54, 1.807) is 24.3 Å². The molecule has 22 heavy (non-hydrogen) atoms. The molecule has 0 spiro atoms. The van der Waals surface area contributed by atoms with Crippen LogP contribution in [0, 0.1) is 0 Å². The van der Waals surface area contributed by atoms with Crippen LogP contribution < -0.4 is 0 Å². The highest BCUT2D eigenvalue weighted by molar-refractivity contribution is 7.19. The molecule has 1 N–H and O–H groups in total. The minimum absolute atomic E-state index is 0.0433. The molecule has 2 aromatic carbocycles. The summed E-state index contributed by atoms with van der Waals surface area (Å²) in [6.45, 7) is 2.20. The van der Waals surface area contributed by atoms with Crippen LogP contribution in [0.5, 0.6) is 0 Å². The van der Waals surface area contributed by atoms with Crippen LogP contribution >= 0.6 is 11.3 Å². The van der Waals surface area contributed by atoms with Crippen molar-refractivity contribution in [2.24, 2.45) is 0 Å². The lowest BCUT2D eigenvalue weighted by molar-refractivity contribution is 0.0526. The quantitative estimate of drug-likeness (QED) is 0.733. The fourth-order valence-corrected chi connectivity index (χ4v) is 3.42. The summed E-state index contributed by atoms with van der Waals surface area (Å²) in [6, 6.07) is 15.5. The number of aliphatic hydroxyl groups is 1. The van der Waals surface area contributed by atoms with Gasteiger partial charge in [0.15, 0.2) is 0 Å². The highest BCUT2D eigenvalue weighted by Crippen LogP contribution is 2.34. The lowest BCUT2D eigenvalue weighted by Gasteiger charge is -2.06. The minimum Gasteiger partial charge on any atom is -0.462 e. The Bertz CT molecular complexity index is 820. The summed E-state index contributed by atoms with van der Waals surface area (Å²) in [5.74, 6) is -0.308. The van der Waals surface area contributed by atoms with Crippen molar-refractivity contribution in [2.45, 2.75) is 13.5 Å². The van der Waals surface area contributed by atoms with Crippen molar-refractivity contribution >= 4 is 27.4 Å². The third-order valence-corrected chi connectivity index (χ3v) is 4.54. The molecule has 1 aromatic heterocycles. The van der Waals surface area contributed by atoms with Gasteiger partial charge >= 0.3 is 5.97 Å². The molecule has 1 heterocycles. The maximum atomic E-state index is 11.9. The molecule has 0 aliphatic carbocycles. The lowest BCUT2D eigenvalue weighted by Crippen LogP contribution is -2.04. The van der Waals surface area contributed by atoms with E-state index in [1.807, 2.05) is 42.5 Å². The van der Waals surface area contributed by atoms with E-state index in [-0.39, 0.29) is 12.6 Å². The Balaban J connectivity index is 2.09. The van der Waals surface area contributed by atoms with Gasteiger partial charge in [0.25, 0.3) is 0 Å². The zero-order chi connectivity index (χ0) is 15.5. The van der Waals surface area contributed by atoms with Gasteiger partial charge in [0.05, 0.1) is 18.8 Å². The molecule has 0 atom stereocenters. The van der Waals surface area contributed by atoms with Crippen molar-refractivity contribution in [3.05, 3.63) is 59.0 Å². The van der Waals surface area contributed by atoms with E-state index in [1.165, 1.54) is 0 Å². The van der Waals surface area contributed by atoms with Gasteiger partial charge in [-0.25, -0.2) is 4.79 Å². The highest BCUT2D eigenvalue weighted by atomic mass is 32.1. The van der Waals surface area contributed by atoms with Crippen LogP contribution in [0.3, 0.4) is 0 Å². The molecule has 4 heteroatoms. The molecule has 3 aromatic rings. The second-order valence-electron chi connectivity index (χ2n) is 4.89. The Kier molecular flexibility index (Phi) is 4.22. The van der Waals surface area contributed by atoms with E-state index in [9.17, 15) is 9.90 Å². The van der Waals surface area contributed by atoms with Gasteiger partial charge < -0.3 is 9.84 Å². The second-order valence-corrected chi connectivity index (χ2v) is 6.06. The molecular weight excluding hydrogens is 296 g/mol. The molecule has 112 valence electrons. The van der Waals surface area contributed by atoms with Crippen molar-refractivity contribution in [3.63, 3.8) is 0 Å². The number of carbonyl (C=O) groups excluding carboxylic acids is 1. The Hall–Kier alpha value is -2.17. The zero-order valence-electron chi connectivity index (χ0n) is 12.2. The van der Waals surface area contributed by atoms with E-state index in [0.717, 1.165) is 26.1 Å². The number of hydrogen-bond acceptors (Lipinski definition) is 4. The number of benzene rings is 2. The van der Waals surface area contributed by atoms with Crippen molar-refractivity contribution in [3.8, 4) is 11.1 Å². The molecule has 0 amide bonds. The first kappa shape index (κ1) is 14.8. The number of hydrogen-bond donors (Lipinski definition) is 1. The molecule has 0 unspecified atom stereocenters. The normalized spacial score (nSPS) is 10.8. The summed E-state index contributed by atoms with van der Waals surface area (Å²) >= 11 is 1.58. The minimum atomic E-state index is -0.308. The molecule has 0 aliphatic heterocycles. The van der Waals surface area contributed by atoms with Crippen LogP contribution in [0.15, 0.2) is 48.5 Å². The number of fused-ring (bicyclic) bond motifs is 1. The first-order chi connectivity index (χ1) is 10.7. The van der Waals surface area contributed by atoms with Gasteiger partial charge in [0, 0.05) is 15.0 Å². The monoisotopic (exact) mass is 312 g/mol. The Labute approximate surface area is 132 Å². The number of rotatable bonds is 4. The summed E-state index contributed by atoms with van der Waals surface area (Å²) in [4.78, 5) is 12.8. The first-order valence-corrected chi connectivity index (χ1v) is 7.94. The van der Waals surface area contributed by atoms with E-state index < -0.39 is 0 Å². The van der Waals surface area contributed by atoms with Gasteiger partial charge in [-0.2, -0.15) is 0 Å². The predicted octanol–water partition coefficient (Wildman–Crippen LogP) is 4.24. The van der Waals surface area contributed by atoms with E-state index in [2.05, 4.69) is 0 Å². The average Bonchev–Trinajstić information content (AvgIpc) is 2.98. The van der Waals surface area contributed by atoms with E-state index in [0.29, 0.717) is 12.2 Å². The topological polar surface area (TPSA) is 46.5 Å². The van der Waals surface area contributed by atoms with Gasteiger partial charge in [-0.15, -0.1) is 11.3 Å². The molecule has 0 fully saturated rings. The van der Waals surface area contributed by atoms with E-state index >= 15 is 0 Å². The van der Waals surface area contributed by atoms with Gasteiger partial charge in [0.2, 0.25) is 0 Å². The van der Waals surface area contributed by atoms with Crippen LogP contribution in [0.1, 0.15) is 22.2 Å². The molecule has 0 aliphatic rings. The maximum Gasteiger partial charge on any atom is 0.338 e. The van der Waals surface area contributed by atoms with Crippen molar-refractivity contribution in [1.82, 2.24) is 0 Å². The smallest absolute Gasteiger partial charge is 0.338 e. The zero-order valence-corrected chi connectivity index (χ0v) is 13.0.